The van der Waals surface area contributed by atoms with E-state index >= 15 is 0 Å². The number of hydrogen-bond acceptors (Lipinski definition) is 4. The normalized spacial score (nSPS) is 14.1. The van der Waals surface area contributed by atoms with Gasteiger partial charge >= 0.3 is 0 Å². The quantitative estimate of drug-likeness (QED) is 0.746. The molecule has 2 atom stereocenters. The van der Waals surface area contributed by atoms with Gasteiger partial charge in [0.1, 0.15) is 5.75 Å². The second-order valence-electron chi connectivity index (χ2n) is 4.61. The molecule has 0 aliphatic rings. The highest BCUT2D eigenvalue weighted by Crippen LogP contribution is 2.23. The van der Waals surface area contributed by atoms with Gasteiger partial charge in [-0.05, 0) is 31.4 Å². The van der Waals surface area contributed by atoms with Crippen molar-refractivity contribution in [3.05, 3.63) is 24.0 Å². The number of pyridine rings is 1. The van der Waals surface area contributed by atoms with Crippen LogP contribution in [0.2, 0.25) is 0 Å². The van der Waals surface area contributed by atoms with Gasteiger partial charge in [-0.3, -0.25) is 4.98 Å². The zero-order valence-electron chi connectivity index (χ0n) is 12.3. The van der Waals surface area contributed by atoms with Crippen molar-refractivity contribution in [3.8, 4) is 5.75 Å². The second-order valence-corrected chi connectivity index (χ2v) is 4.61. The Hall–Kier alpha value is -1.13. The van der Waals surface area contributed by atoms with Gasteiger partial charge in [0.25, 0.3) is 0 Å². The van der Waals surface area contributed by atoms with Crippen LogP contribution < -0.4 is 10.5 Å². The third kappa shape index (κ3) is 5.17. The summed E-state index contributed by atoms with van der Waals surface area (Å²) in [5.74, 6) is 0.779. The molecule has 0 aliphatic carbocycles. The van der Waals surface area contributed by atoms with Gasteiger partial charge in [0.15, 0.2) is 0 Å². The second kappa shape index (κ2) is 8.88. The number of ether oxygens (including phenoxy) is 2. The topological polar surface area (TPSA) is 57.4 Å². The number of nitrogens with zero attached hydrogens (tertiary/aromatic N) is 1. The minimum atomic E-state index is -0.155. The molecule has 0 fully saturated rings. The highest BCUT2D eigenvalue weighted by molar-refractivity contribution is 5.26. The van der Waals surface area contributed by atoms with Crippen LogP contribution in [0.4, 0.5) is 0 Å². The zero-order valence-corrected chi connectivity index (χ0v) is 12.3. The average molecular weight is 266 g/mol. The van der Waals surface area contributed by atoms with E-state index in [2.05, 4.69) is 18.8 Å². The van der Waals surface area contributed by atoms with Gasteiger partial charge in [0.2, 0.25) is 0 Å². The molecule has 1 rings (SSSR count). The fourth-order valence-corrected chi connectivity index (χ4v) is 2.00. The molecule has 0 radical (unpaired) electrons. The van der Waals surface area contributed by atoms with Crippen LogP contribution in [0.15, 0.2) is 18.5 Å². The fraction of sp³-hybridized carbons (Fsp3) is 0.667. The van der Waals surface area contributed by atoms with E-state index in [0.29, 0.717) is 13.2 Å². The molecule has 1 aromatic heterocycles. The Morgan fingerprint density at radius 2 is 2.00 bits per heavy atom. The summed E-state index contributed by atoms with van der Waals surface area (Å²) in [5, 5.41) is 0. The lowest BCUT2D eigenvalue weighted by molar-refractivity contribution is 0.0373. The van der Waals surface area contributed by atoms with Gasteiger partial charge < -0.3 is 15.2 Å². The third-order valence-corrected chi connectivity index (χ3v) is 2.95. The Bertz CT molecular complexity index is 352. The number of rotatable bonds is 9. The predicted molar refractivity (Wildman–Crippen MR) is 77.3 cm³/mol. The third-order valence-electron chi connectivity index (χ3n) is 2.95. The van der Waals surface area contributed by atoms with Crippen LogP contribution in [0.1, 0.15) is 51.6 Å². The summed E-state index contributed by atoms with van der Waals surface area (Å²) in [5.41, 5.74) is 7.26. The summed E-state index contributed by atoms with van der Waals surface area (Å²) >= 11 is 0. The van der Waals surface area contributed by atoms with Gasteiger partial charge in [0.05, 0.1) is 24.9 Å². The molecule has 1 heterocycles. The van der Waals surface area contributed by atoms with Crippen molar-refractivity contribution in [1.29, 1.82) is 0 Å². The minimum Gasteiger partial charge on any atom is -0.492 e. The summed E-state index contributed by atoms with van der Waals surface area (Å²) in [4.78, 5) is 4.20. The molecule has 0 saturated heterocycles. The van der Waals surface area contributed by atoms with E-state index in [4.69, 9.17) is 15.2 Å². The summed E-state index contributed by atoms with van der Waals surface area (Å²) in [6.07, 6.45) is 6.55. The first-order valence-corrected chi connectivity index (χ1v) is 7.17. The predicted octanol–water partition coefficient (Wildman–Crippen LogP) is 3.08. The van der Waals surface area contributed by atoms with Crippen molar-refractivity contribution in [2.24, 2.45) is 5.73 Å². The molecule has 4 nitrogen and oxygen atoms in total. The minimum absolute atomic E-state index is 0.0400. The molecule has 1 aromatic rings. The number of hydrogen-bond donors (Lipinski definition) is 1. The molecule has 0 aromatic carbocycles. The van der Waals surface area contributed by atoms with E-state index in [1.807, 2.05) is 13.0 Å². The average Bonchev–Trinajstić information content (AvgIpc) is 2.44. The van der Waals surface area contributed by atoms with E-state index in [0.717, 1.165) is 30.6 Å². The Morgan fingerprint density at radius 3 is 2.63 bits per heavy atom. The smallest absolute Gasteiger partial charge is 0.137 e. The Labute approximate surface area is 116 Å². The van der Waals surface area contributed by atoms with Crippen molar-refractivity contribution in [2.45, 2.75) is 52.2 Å². The molecule has 2 N–H and O–H groups in total. The van der Waals surface area contributed by atoms with Crippen molar-refractivity contribution in [3.63, 3.8) is 0 Å². The Balaban J connectivity index is 2.75. The van der Waals surface area contributed by atoms with E-state index < -0.39 is 0 Å². The summed E-state index contributed by atoms with van der Waals surface area (Å²) < 4.78 is 11.3. The lowest BCUT2D eigenvalue weighted by Crippen LogP contribution is -2.29. The fourth-order valence-electron chi connectivity index (χ4n) is 2.00. The van der Waals surface area contributed by atoms with Crippen molar-refractivity contribution < 1.29 is 9.47 Å². The van der Waals surface area contributed by atoms with Gasteiger partial charge in [0, 0.05) is 12.8 Å². The maximum Gasteiger partial charge on any atom is 0.137 e. The lowest BCUT2D eigenvalue weighted by atomic mass is 10.0. The van der Waals surface area contributed by atoms with Gasteiger partial charge in [-0.1, -0.05) is 20.3 Å². The molecule has 0 bridgehead atoms. The van der Waals surface area contributed by atoms with Gasteiger partial charge in [-0.15, -0.1) is 0 Å². The molecular formula is C15H26N2O2. The number of aromatic nitrogens is 1. The summed E-state index contributed by atoms with van der Waals surface area (Å²) in [7, 11) is 0. The van der Waals surface area contributed by atoms with E-state index in [1.165, 1.54) is 0 Å². The molecule has 4 heteroatoms. The van der Waals surface area contributed by atoms with E-state index in [9.17, 15) is 0 Å². The molecule has 0 aliphatic heterocycles. The molecule has 2 unspecified atom stereocenters. The maximum absolute atomic E-state index is 6.29. The van der Waals surface area contributed by atoms with Crippen LogP contribution in [-0.4, -0.2) is 24.3 Å². The first-order valence-electron chi connectivity index (χ1n) is 7.17. The lowest BCUT2D eigenvalue weighted by Gasteiger charge is -2.23. The first-order chi connectivity index (χ1) is 9.22. The molecule has 0 amide bonds. The van der Waals surface area contributed by atoms with Crippen molar-refractivity contribution in [2.75, 3.05) is 13.2 Å². The largest absolute Gasteiger partial charge is 0.492 e. The Kier molecular flexibility index (Phi) is 7.45. The molecule has 0 spiro atoms. The standard InChI is InChI=1S/C15H26N2O2/c1-4-7-14(18-6-3)15(16)12-9-13(11-17-10-12)19-8-5-2/h9-11,14-15H,4-8,16H2,1-3H3. The molecule has 108 valence electrons. The SMILES string of the molecule is CCCOc1cncc(C(N)C(CCC)OCC)c1. The van der Waals surface area contributed by atoms with Crippen LogP contribution in [0, 0.1) is 0 Å². The van der Waals surface area contributed by atoms with Crippen LogP contribution in [0.25, 0.3) is 0 Å². The summed E-state index contributed by atoms with van der Waals surface area (Å²) in [6.45, 7) is 7.59. The highest BCUT2D eigenvalue weighted by atomic mass is 16.5. The van der Waals surface area contributed by atoms with Gasteiger partial charge in [-0.25, -0.2) is 0 Å². The molecule has 0 saturated carbocycles. The van der Waals surface area contributed by atoms with Crippen LogP contribution in [-0.2, 0) is 4.74 Å². The van der Waals surface area contributed by atoms with Crippen molar-refractivity contribution in [1.82, 2.24) is 4.98 Å². The first kappa shape index (κ1) is 15.9. The molecular weight excluding hydrogens is 240 g/mol. The number of nitrogens with two attached hydrogens (primary N) is 1. The van der Waals surface area contributed by atoms with Gasteiger partial charge in [-0.2, -0.15) is 0 Å². The van der Waals surface area contributed by atoms with E-state index in [1.54, 1.807) is 12.4 Å². The van der Waals surface area contributed by atoms with Crippen LogP contribution >= 0.6 is 0 Å². The summed E-state index contributed by atoms with van der Waals surface area (Å²) in [6, 6.07) is 1.81. The van der Waals surface area contributed by atoms with E-state index in [-0.39, 0.29) is 12.1 Å². The van der Waals surface area contributed by atoms with Crippen molar-refractivity contribution >= 4 is 0 Å². The zero-order chi connectivity index (χ0) is 14.1. The molecule has 19 heavy (non-hydrogen) atoms. The van der Waals surface area contributed by atoms with Crippen LogP contribution in [0.3, 0.4) is 0 Å². The highest BCUT2D eigenvalue weighted by Gasteiger charge is 2.19. The maximum atomic E-state index is 6.29. The van der Waals surface area contributed by atoms with Crippen LogP contribution in [0.5, 0.6) is 5.75 Å². The Morgan fingerprint density at radius 1 is 1.21 bits per heavy atom. The monoisotopic (exact) mass is 266 g/mol.